The minimum Gasteiger partial charge on any atom is -0.486 e. The van der Waals surface area contributed by atoms with E-state index in [1.54, 1.807) is 20.9 Å². The van der Waals surface area contributed by atoms with Gasteiger partial charge in [0.05, 0.1) is 0 Å². The van der Waals surface area contributed by atoms with Gasteiger partial charge in [0.15, 0.2) is 11.5 Å². The molecule has 1 aliphatic heterocycles. The van der Waals surface area contributed by atoms with Crippen LogP contribution in [-0.2, 0) is 23.5 Å². The molecule has 1 aliphatic rings. The van der Waals surface area contributed by atoms with Crippen molar-refractivity contribution in [3.05, 3.63) is 41.7 Å². The summed E-state index contributed by atoms with van der Waals surface area (Å²) >= 11 is 0. The maximum absolute atomic E-state index is 12.7. The predicted molar refractivity (Wildman–Crippen MR) is 109 cm³/mol. The average Bonchev–Trinajstić information content (AvgIpc) is 3.11. The summed E-state index contributed by atoms with van der Waals surface area (Å²) in [5, 5.41) is 2.85. The summed E-state index contributed by atoms with van der Waals surface area (Å²) in [6, 6.07) is 7.15. The number of carbonyl (C=O) groups excluding carboxylic acids is 1. The molecule has 0 saturated heterocycles. The first kappa shape index (κ1) is 21.2. The lowest BCUT2D eigenvalue weighted by Crippen LogP contribution is -2.30. The van der Waals surface area contributed by atoms with Crippen molar-refractivity contribution in [3.8, 4) is 11.5 Å². The zero-order valence-electron chi connectivity index (χ0n) is 17.0. The van der Waals surface area contributed by atoms with Gasteiger partial charge in [0.25, 0.3) is 5.91 Å². The number of rotatable bonds is 8. The van der Waals surface area contributed by atoms with Crippen LogP contribution in [0.1, 0.15) is 29.9 Å². The van der Waals surface area contributed by atoms with E-state index in [0.717, 1.165) is 11.3 Å². The van der Waals surface area contributed by atoms with E-state index in [1.165, 1.54) is 21.1 Å². The number of fused-ring (bicyclic) bond motifs is 1. The fourth-order valence-electron chi connectivity index (χ4n) is 3.27. The largest absolute Gasteiger partial charge is 0.486 e. The zero-order valence-corrected chi connectivity index (χ0v) is 17.8. The standard InChI is InChI=1S/C20H27N3O5S/c1-4-23(5-2)29(25,26)16-13-17(22(3)14-16)20(24)21-9-8-15-6-7-18-19(12-15)28-11-10-27-18/h6-7,12-14H,4-5,8-11H2,1-3H3,(H,21,24). The molecule has 0 fully saturated rings. The van der Waals surface area contributed by atoms with Gasteiger partial charge in [-0.15, -0.1) is 0 Å². The fourth-order valence-corrected chi connectivity index (χ4v) is 4.80. The topological polar surface area (TPSA) is 89.9 Å². The number of nitrogens with one attached hydrogen (secondary N) is 1. The third-order valence-corrected chi connectivity index (χ3v) is 6.88. The van der Waals surface area contributed by atoms with Gasteiger partial charge >= 0.3 is 0 Å². The minimum atomic E-state index is -3.60. The molecule has 3 rings (SSSR count). The van der Waals surface area contributed by atoms with E-state index in [-0.39, 0.29) is 10.8 Å². The third kappa shape index (κ3) is 4.56. The number of hydrogen-bond donors (Lipinski definition) is 1. The Morgan fingerprint density at radius 2 is 1.83 bits per heavy atom. The Morgan fingerprint density at radius 1 is 1.14 bits per heavy atom. The highest BCUT2D eigenvalue weighted by Gasteiger charge is 2.25. The Kier molecular flexibility index (Phi) is 6.49. The summed E-state index contributed by atoms with van der Waals surface area (Å²) in [6.07, 6.45) is 2.10. The first-order valence-corrected chi connectivity index (χ1v) is 11.1. The SMILES string of the molecule is CCN(CC)S(=O)(=O)c1cc(C(=O)NCCc2ccc3c(c2)OCCO3)n(C)c1. The van der Waals surface area contributed by atoms with Crippen molar-refractivity contribution < 1.29 is 22.7 Å². The van der Waals surface area contributed by atoms with Crippen LogP contribution >= 0.6 is 0 Å². The van der Waals surface area contributed by atoms with Gasteiger partial charge in [-0.05, 0) is 30.2 Å². The molecule has 1 aromatic carbocycles. The van der Waals surface area contributed by atoms with Crippen LogP contribution in [0.2, 0.25) is 0 Å². The average molecular weight is 422 g/mol. The number of nitrogens with zero attached hydrogens (tertiary/aromatic N) is 2. The molecule has 1 aromatic heterocycles. The van der Waals surface area contributed by atoms with E-state index in [4.69, 9.17) is 9.47 Å². The molecular weight excluding hydrogens is 394 g/mol. The van der Waals surface area contributed by atoms with Crippen molar-refractivity contribution in [1.82, 2.24) is 14.2 Å². The van der Waals surface area contributed by atoms with Crippen molar-refractivity contribution in [2.24, 2.45) is 7.05 Å². The van der Waals surface area contributed by atoms with Crippen LogP contribution in [0, 0.1) is 0 Å². The number of benzene rings is 1. The van der Waals surface area contributed by atoms with E-state index < -0.39 is 10.0 Å². The van der Waals surface area contributed by atoms with E-state index >= 15 is 0 Å². The summed E-state index contributed by atoms with van der Waals surface area (Å²) in [7, 11) is -1.94. The van der Waals surface area contributed by atoms with Crippen LogP contribution in [0.3, 0.4) is 0 Å². The van der Waals surface area contributed by atoms with Crippen LogP contribution < -0.4 is 14.8 Å². The summed E-state index contributed by atoms with van der Waals surface area (Å²) in [6.45, 7) is 5.83. The van der Waals surface area contributed by atoms with Crippen molar-refractivity contribution >= 4 is 15.9 Å². The molecule has 9 heteroatoms. The highest BCUT2D eigenvalue weighted by molar-refractivity contribution is 7.89. The monoisotopic (exact) mass is 421 g/mol. The van der Waals surface area contributed by atoms with Gasteiger partial charge in [-0.1, -0.05) is 19.9 Å². The number of ether oxygens (including phenoxy) is 2. The summed E-state index contributed by atoms with van der Waals surface area (Å²) in [5.41, 5.74) is 1.32. The van der Waals surface area contributed by atoms with Crippen molar-refractivity contribution in [2.45, 2.75) is 25.2 Å². The Morgan fingerprint density at radius 3 is 2.52 bits per heavy atom. The van der Waals surface area contributed by atoms with E-state index in [9.17, 15) is 13.2 Å². The summed E-state index contributed by atoms with van der Waals surface area (Å²) in [5.74, 6) is 1.13. The molecule has 0 aliphatic carbocycles. The lowest BCUT2D eigenvalue weighted by molar-refractivity contribution is 0.0946. The van der Waals surface area contributed by atoms with Crippen LogP contribution in [0.25, 0.3) is 0 Å². The lowest BCUT2D eigenvalue weighted by atomic mass is 10.1. The number of carbonyl (C=O) groups is 1. The number of aromatic nitrogens is 1. The number of amides is 1. The van der Waals surface area contributed by atoms with Gasteiger partial charge < -0.3 is 19.4 Å². The molecule has 158 valence electrons. The normalized spacial score (nSPS) is 13.5. The molecule has 0 atom stereocenters. The van der Waals surface area contributed by atoms with Crippen LogP contribution in [-0.4, -0.2) is 56.0 Å². The third-order valence-electron chi connectivity index (χ3n) is 4.86. The smallest absolute Gasteiger partial charge is 0.267 e. The molecule has 1 amide bonds. The second-order valence-corrected chi connectivity index (χ2v) is 8.68. The van der Waals surface area contributed by atoms with Gasteiger partial charge in [0.2, 0.25) is 10.0 Å². The number of aryl methyl sites for hydroxylation is 1. The molecule has 1 N–H and O–H groups in total. The Hall–Kier alpha value is -2.52. The second-order valence-electron chi connectivity index (χ2n) is 6.75. The van der Waals surface area contributed by atoms with Gasteiger partial charge in [-0.25, -0.2) is 8.42 Å². The van der Waals surface area contributed by atoms with Crippen LogP contribution in [0.15, 0.2) is 35.4 Å². The van der Waals surface area contributed by atoms with Crippen molar-refractivity contribution in [2.75, 3.05) is 32.8 Å². The second kappa shape index (κ2) is 8.87. The Labute approximate surface area is 171 Å². The number of sulfonamides is 1. The first-order chi connectivity index (χ1) is 13.9. The molecule has 2 aromatic rings. The summed E-state index contributed by atoms with van der Waals surface area (Å²) < 4.78 is 39.3. The molecule has 0 radical (unpaired) electrons. The molecule has 8 nitrogen and oxygen atoms in total. The molecule has 29 heavy (non-hydrogen) atoms. The fraction of sp³-hybridized carbons (Fsp3) is 0.450. The molecule has 0 bridgehead atoms. The van der Waals surface area contributed by atoms with Gasteiger partial charge in [-0.3, -0.25) is 4.79 Å². The zero-order chi connectivity index (χ0) is 21.0. The first-order valence-electron chi connectivity index (χ1n) is 9.70. The summed E-state index contributed by atoms with van der Waals surface area (Å²) in [4.78, 5) is 12.7. The van der Waals surface area contributed by atoms with Gasteiger partial charge in [-0.2, -0.15) is 4.31 Å². The highest BCUT2D eigenvalue weighted by atomic mass is 32.2. The number of hydrogen-bond acceptors (Lipinski definition) is 5. The van der Waals surface area contributed by atoms with E-state index in [1.807, 2.05) is 18.2 Å². The predicted octanol–water partition coefficient (Wildman–Crippen LogP) is 1.80. The molecule has 0 saturated carbocycles. The highest BCUT2D eigenvalue weighted by Crippen LogP contribution is 2.30. The Bertz CT molecular complexity index is 980. The maximum atomic E-state index is 12.7. The molecular formula is C20H27N3O5S. The van der Waals surface area contributed by atoms with Gasteiger partial charge in [0.1, 0.15) is 23.8 Å². The van der Waals surface area contributed by atoms with Crippen LogP contribution in [0.5, 0.6) is 11.5 Å². The quantitative estimate of drug-likeness (QED) is 0.702. The van der Waals surface area contributed by atoms with Crippen LogP contribution in [0.4, 0.5) is 0 Å². The van der Waals surface area contributed by atoms with E-state index in [2.05, 4.69) is 5.32 Å². The molecule has 0 unspecified atom stereocenters. The van der Waals surface area contributed by atoms with Crippen molar-refractivity contribution in [3.63, 3.8) is 0 Å². The van der Waals surface area contributed by atoms with E-state index in [0.29, 0.717) is 50.7 Å². The maximum Gasteiger partial charge on any atom is 0.267 e. The molecule has 0 spiro atoms. The Balaban J connectivity index is 1.63. The van der Waals surface area contributed by atoms with Crippen molar-refractivity contribution in [1.29, 1.82) is 0 Å². The molecule has 2 heterocycles. The minimum absolute atomic E-state index is 0.126. The van der Waals surface area contributed by atoms with Gasteiger partial charge in [0, 0.05) is 32.9 Å². The lowest BCUT2D eigenvalue weighted by Gasteiger charge is -2.18.